The number of allylic oxidation sites excluding steroid dienone is 6. The minimum absolute atomic E-state index is 0.471. The minimum atomic E-state index is 0.471. The molecule has 0 saturated heterocycles. The number of benzene rings is 1. The Balaban J connectivity index is 2.37. The normalized spacial score (nSPS) is 18.4. The number of likely N-dealkylation sites (N-methyl/N-ethyl adjacent to an activating group) is 1. The van der Waals surface area contributed by atoms with Crippen LogP contribution in [0.15, 0.2) is 72.9 Å². The average molecular weight is 305 g/mol. The summed E-state index contributed by atoms with van der Waals surface area (Å²) in [6.07, 6.45) is 17.1. The van der Waals surface area contributed by atoms with Crippen molar-refractivity contribution < 1.29 is 0 Å². The molecule has 0 aliphatic carbocycles. The SMILES string of the molecule is C=C/C=C(/C=C/c1ccccc1C1=CC=CC(CC)N1C)CC. The molecule has 1 aliphatic heterocycles. The highest BCUT2D eigenvalue weighted by Gasteiger charge is 2.18. The van der Waals surface area contributed by atoms with E-state index in [1.54, 1.807) is 0 Å². The quantitative estimate of drug-likeness (QED) is 0.596. The van der Waals surface area contributed by atoms with Crippen molar-refractivity contribution in [3.63, 3.8) is 0 Å². The van der Waals surface area contributed by atoms with Gasteiger partial charge in [0.05, 0.1) is 0 Å². The molecular formula is C22H27N. The molecule has 0 aromatic heterocycles. The number of hydrogen-bond acceptors (Lipinski definition) is 1. The first kappa shape index (κ1) is 17.1. The molecule has 1 nitrogen and oxygen atoms in total. The van der Waals surface area contributed by atoms with E-state index in [4.69, 9.17) is 0 Å². The van der Waals surface area contributed by atoms with Crippen LogP contribution in [0.25, 0.3) is 11.8 Å². The van der Waals surface area contributed by atoms with Crippen molar-refractivity contribution in [3.8, 4) is 0 Å². The summed E-state index contributed by atoms with van der Waals surface area (Å²) in [6, 6.07) is 9.07. The van der Waals surface area contributed by atoms with Crippen molar-refractivity contribution in [1.29, 1.82) is 0 Å². The van der Waals surface area contributed by atoms with Gasteiger partial charge in [-0.1, -0.05) is 81.1 Å². The maximum Gasteiger partial charge on any atom is 0.0470 e. The van der Waals surface area contributed by atoms with E-state index in [2.05, 4.69) is 93.1 Å². The Morgan fingerprint density at radius 2 is 2.04 bits per heavy atom. The van der Waals surface area contributed by atoms with Gasteiger partial charge in [0, 0.05) is 24.4 Å². The van der Waals surface area contributed by atoms with Crippen LogP contribution in [0, 0.1) is 0 Å². The van der Waals surface area contributed by atoms with Crippen molar-refractivity contribution >= 4 is 11.8 Å². The Labute approximate surface area is 141 Å². The first-order valence-electron chi connectivity index (χ1n) is 8.41. The molecule has 1 heteroatoms. The van der Waals surface area contributed by atoms with Gasteiger partial charge < -0.3 is 4.90 Å². The van der Waals surface area contributed by atoms with Crippen LogP contribution >= 0.6 is 0 Å². The predicted octanol–water partition coefficient (Wildman–Crippen LogP) is 5.84. The Bertz CT molecular complexity index is 658. The summed E-state index contributed by atoms with van der Waals surface area (Å²) < 4.78 is 0. The van der Waals surface area contributed by atoms with Crippen LogP contribution in [0.5, 0.6) is 0 Å². The molecule has 0 fully saturated rings. The van der Waals surface area contributed by atoms with Crippen molar-refractivity contribution in [3.05, 3.63) is 84.0 Å². The van der Waals surface area contributed by atoms with Crippen LogP contribution in [-0.2, 0) is 0 Å². The third kappa shape index (κ3) is 4.13. The van der Waals surface area contributed by atoms with Gasteiger partial charge in [-0.15, -0.1) is 0 Å². The highest BCUT2D eigenvalue weighted by atomic mass is 15.1. The highest BCUT2D eigenvalue weighted by Crippen LogP contribution is 2.28. The second-order valence-corrected chi connectivity index (χ2v) is 5.77. The third-order valence-electron chi connectivity index (χ3n) is 4.34. The molecule has 2 rings (SSSR count). The van der Waals surface area contributed by atoms with Gasteiger partial charge in [0.1, 0.15) is 0 Å². The van der Waals surface area contributed by atoms with Crippen molar-refractivity contribution in [2.45, 2.75) is 32.7 Å². The van der Waals surface area contributed by atoms with Crippen LogP contribution in [0.3, 0.4) is 0 Å². The second-order valence-electron chi connectivity index (χ2n) is 5.77. The van der Waals surface area contributed by atoms with Crippen molar-refractivity contribution in [2.75, 3.05) is 7.05 Å². The largest absolute Gasteiger partial charge is 0.368 e. The fourth-order valence-corrected chi connectivity index (χ4v) is 2.91. The lowest BCUT2D eigenvalue weighted by atomic mass is 9.98. The molecule has 0 saturated carbocycles. The van der Waals surface area contributed by atoms with Crippen LogP contribution in [-0.4, -0.2) is 18.0 Å². The molecule has 1 aliphatic rings. The van der Waals surface area contributed by atoms with Crippen LogP contribution in [0.4, 0.5) is 0 Å². The van der Waals surface area contributed by atoms with Gasteiger partial charge in [-0.25, -0.2) is 0 Å². The second kappa shape index (κ2) is 8.38. The zero-order chi connectivity index (χ0) is 16.7. The number of hydrogen-bond donors (Lipinski definition) is 0. The van der Waals surface area contributed by atoms with E-state index in [-0.39, 0.29) is 0 Å². The zero-order valence-electron chi connectivity index (χ0n) is 14.5. The monoisotopic (exact) mass is 305 g/mol. The summed E-state index contributed by atoms with van der Waals surface area (Å²) in [4.78, 5) is 2.37. The zero-order valence-corrected chi connectivity index (χ0v) is 14.5. The van der Waals surface area contributed by atoms with E-state index in [1.807, 2.05) is 6.08 Å². The minimum Gasteiger partial charge on any atom is -0.368 e. The Morgan fingerprint density at radius 3 is 2.74 bits per heavy atom. The molecule has 1 atom stereocenters. The number of nitrogens with zero attached hydrogens (tertiary/aromatic N) is 1. The first-order valence-corrected chi connectivity index (χ1v) is 8.41. The molecule has 1 heterocycles. The van der Waals surface area contributed by atoms with E-state index < -0.39 is 0 Å². The van der Waals surface area contributed by atoms with Crippen LogP contribution in [0.1, 0.15) is 37.8 Å². The lowest BCUT2D eigenvalue weighted by Crippen LogP contribution is -2.29. The third-order valence-corrected chi connectivity index (χ3v) is 4.34. The molecule has 0 bridgehead atoms. The van der Waals surface area contributed by atoms with Gasteiger partial charge in [-0.05, 0) is 30.1 Å². The number of rotatable bonds is 6. The van der Waals surface area contributed by atoms with Gasteiger partial charge in [-0.2, -0.15) is 0 Å². The molecule has 0 amide bonds. The van der Waals surface area contributed by atoms with E-state index in [0.29, 0.717) is 6.04 Å². The fraction of sp³-hybridized carbons (Fsp3) is 0.273. The van der Waals surface area contributed by atoms with Crippen molar-refractivity contribution in [2.24, 2.45) is 0 Å². The topological polar surface area (TPSA) is 3.24 Å². The van der Waals surface area contributed by atoms with E-state index in [1.165, 1.54) is 22.4 Å². The van der Waals surface area contributed by atoms with E-state index in [0.717, 1.165) is 12.8 Å². The molecule has 23 heavy (non-hydrogen) atoms. The molecule has 1 aromatic rings. The summed E-state index contributed by atoms with van der Waals surface area (Å²) in [6.45, 7) is 8.18. The fourth-order valence-electron chi connectivity index (χ4n) is 2.91. The summed E-state index contributed by atoms with van der Waals surface area (Å²) in [5, 5.41) is 0. The average Bonchev–Trinajstić information content (AvgIpc) is 2.59. The van der Waals surface area contributed by atoms with E-state index >= 15 is 0 Å². The predicted molar refractivity (Wildman–Crippen MR) is 103 cm³/mol. The van der Waals surface area contributed by atoms with Gasteiger partial charge in [0.2, 0.25) is 0 Å². The highest BCUT2D eigenvalue weighted by molar-refractivity contribution is 5.75. The molecule has 120 valence electrons. The Hall–Kier alpha value is -2.28. The van der Waals surface area contributed by atoms with Gasteiger partial charge >= 0.3 is 0 Å². The lowest BCUT2D eigenvalue weighted by molar-refractivity contribution is 0.391. The summed E-state index contributed by atoms with van der Waals surface area (Å²) >= 11 is 0. The standard InChI is InChI=1S/C22H27N/c1-5-11-18(6-2)16-17-19-12-8-9-14-21(19)22-15-10-13-20(7-3)23(22)4/h5,8-17,20H,1,6-7H2,2-4H3/b17-16+,18-11+. The maximum absolute atomic E-state index is 3.79. The smallest absolute Gasteiger partial charge is 0.0470 e. The van der Waals surface area contributed by atoms with Gasteiger partial charge in [0.15, 0.2) is 0 Å². The molecule has 0 N–H and O–H groups in total. The summed E-state index contributed by atoms with van der Waals surface area (Å²) in [5.74, 6) is 0. The first-order chi connectivity index (χ1) is 11.2. The van der Waals surface area contributed by atoms with Gasteiger partial charge in [0.25, 0.3) is 0 Å². The van der Waals surface area contributed by atoms with Gasteiger partial charge in [-0.3, -0.25) is 0 Å². The molecule has 1 unspecified atom stereocenters. The van der Waals surface area contributed by atoms with Crippen LogP contribution in [0.2, 0.25) is 0 Å². The van der Waals surface area contributed by atoms with Crippen LogP contribution < -0.4 is 0 Å². The molecular weight excluding hydrogens is 278 g/mol. The van der Waals surface area contributed by atoms with Crippen molar-refractivity contribution in [1.82, 2.24) is 4.90 Å². The Kier molecular flexibility index (Phi) is 6.22. The maximum atomic E-state index is 3.79. The van der Waals surface area contributed by atoms with E-state index in [9.17, 15) is 0 Å². The molecule has 0 spiro atoms. The molecule has 1 aromatic carbocycles. The summed E-state index contributed by atoms with van der Waals surface area (Å²) in [7, 11) is 2.18. The summed E-state index contributed by atoms with van der Waals surface area (Å²) in [5.41, 5.74) is 5.10. The molecule has 0 radical (unpaired) electrons. The Morgan fingerprint density at radius 1 is 1.26 bits per heavy atom. The lowest BCUT2D eigenvalue weighted by Gasteiger charge is -2.32.